The van der Waals surface area contributed by atoms with Gasteiger partial charge in [0.15, 0.2) is 5.78 Å². The van der Waals surface area contributed by atoms with E-state index < -0.39 is 0 Å². The molecule has 1 aliphatic carbocycles. The predicted octanol–water partition coefficient (Wildman–Crippen LogP) is 2.49. The zero-order valence-corrected chi connectivity index (χ0v) is 10.7. The maximum atomic E-state index is 12.3. The maximum Gasteiger partial charge on any atom is 0.207 e. The number of hydrogen-bond donors (Lipinski definition) is 0. The number of hydrogen-bond acceptors (Lipinski definition) is 4. The van der Waals surface area contributed by atoms with Crippen LogP contribution in [0.1, 0.15) is 32.8 Å². The summed E-state index contributed by atoms with van der Waals surface area (Å²) in [6.07, 6.45) is 1.75. The fraction of sp³-hybridized carbons (Fsp3) is 0.125. The van der Waals surface area contributed by atoms with Crippen LogP contribution < -0.4 is 0 Å². The van der Waals surface area contributed by atoms with Crippen molar-refractivity contribution in [1.29, 1.82) is 0 Å². The van der Waals surface area contributed by atoms with E-state index in [2.05, 4.69) is 9.98 Å². The zero-order chi connectivity index (χ0) is 13.9. The molecule has 0 unspecified atom stereocenters. The van der Waals surface area contributed by atoms with Crippen LogP contribution in [0.4, 0.5) is 0 Å². The highest BCUT2D eigenvalue weighted by atomic mass is 16.1. The van der Waals surface area contributed by atoms with Crippen molar-refractivity contribution >= 4 is 17.3 Å². The second-order valence-corrected chi connectivity index (χ2v) is 4.56. The predicted molar refractivity (Wildman–Crippen MR) is 75.1 cm³/mol. The van der Waals surface area contributed by atoms with Crippen LogP contribution in [0.5, 0.6) is 0 Å². The van der Waals surface area contributed by atoms with Crippen molar-refractivity contribution in [3.63, 3.8) is 0 Å². The topological polar surface area (TPSA) is 59.4 Å². The van der Waals surface area contributed by atoms with E-state index in [-0.39, 0.29) is 18.0 Å². The van der Waals surface area contributed by atoms with Crippen molar-refractivity contribution in [3.8, 4) is 0 Å². The molecule has 0 amide bonds. The first-order valence-electron chi connectivity index (χ1n) is 6.36. The molecule has 1 aromatic carbocycles. The van der Waals surface area contributed by atoms with Crippen LogP contribution in [-0.4, -0.2) is 22.3 Å². The van der Waals surface area contributed by atoms with E-state index in [0.717, 1.165) is 5.69 Å². The van der Waals surface area contributed by atoms with Crippen LogP contribution in [-0.2, 0) is 6.54 Å². The van der Waals surface area contributed by atoms with Gasteiger partial charge < -0.3 is 0 Å². The molecular formula is C16H12N2O2. The number of fused-ring (bicyclic) bond motifs is 1. The first-order chi connectivity index (χ1) is 9.75. The summed E-state index contributed by atoms with van der Waals surface area (Å²) in [5, 5.41) is 0. The molecule has 20 heavy (non-hydrogen) atoms. The largest absolute Gasteiger partial charge is 0.294 e. The number of nitrogens with zero attached hydrogens (tertiary/aromatic N) is 2. The molecule has 0 radical (unpaired) electrons. The number of carbonyl (C=O) groups excluding carboxylic acids is 2. The standard InChI is InChI=1S/C16H12N2O2/c19-15-9-14(18-10-11-5-3-4-8-17-11)16(20)13-7-2-1-6-12(13)15/h1-8H,9-10H2. The van der Waals surface area contributed by atoms with Gasteiger partial charge in [-0.1, -0.05) is 30.3 Å². The first-order valence-corrected chi connectivity index (χ1v) is 6.36. The Morgan fingerprint density at radius 2 is 1.75 bits per heavy atom. The Bertz CT molecular complexity index is 705. The molecule has 0 atom stereocenters. The highest BCUT2D eigenvalue weighted by Gasteiger charge is 2.28. The Kier molecular flexibility index (Phi) is 3.21. The van der Waals surface area contributed by atoms with Gasteiger partial charge in [-0.05, 0) is 12.1 Å². The van der Waals surface area contributed by atoms with Gasteiger partial charge >= 0.3 is 0 Å². The van der Waals surface area contributed by atoms with E-state index >= 15 is 0 Å². The fourth-order valence-corrected chi connectivity index (χ4v) is 2.20. The molecule has 2 aromatic rings. The van der Waals surface area contributed by atoms with Crippen molar-refractivity contribution < 1.29 is 9.59 Å². The average Bonchev–Trinajstić information content (AvgIpc) is 2.50. The molecule has 0 aliphatic heterocycles. The van der Waals surface area contributed by atoms with Gasteiger partial charge in [0, 0.05) is 17.3 Å². The molecular weight excluding hydrogens is 252 g/mol. The summed E-state index contributed by atoms with van der Waals surface area (Å²) in [6.45, 7) is 0.317. The van der Waals surface area contributed by atoms with Crippen LogP contribution in [0, 0.1) is 0 Å². The molecule has 1 aliphatic rings. The number of aromatic nitrogens is 1. The molecule has 1 aromatic heterocycles. The average molecular weight is 264 g/mol. The lowest BCUT2D eigenvalue weighted by Gasteiger charge is -2.15. The van der Waals surface area contributed by atoms with E-state index in [1.165, 1.54) is 0 Å². The van der Waals surface area contributed by atoms with Crippen LogP contribution in [0.25, 0.3) is 0 Å². The van der Waals surface area contributed by atoms with Gasteiger partial charge in [0.05, 0.1) is 24.4 Å². The van der Waals surface area contributed by atoms with Gasteiger partial charge in [0.1, 0.15) is 0 Å². The quantitative estimate of drug-likeness (QED) is 0.837. The molecule has 0 N–H and O–H groups in total. The van der Waals surface area contributed by atoms with Crippen LogP contribution in [0.3, 0.4) is 0 Å². The number of Topliss-reactive ketones (excluding diaryl/α,β-unsaturated/α-hetero) is 2. The molecule has 3 rings (SSSR count). The molecule has 0 saturated heterocycles. The molecule has 4 nitrogen and oxygen atoms in total. The van der Waals surface area contributed by atoms with E-state index in [1.807, 2.05) is 18.2 Å². The Balaban J connectivity index is 1.90. The number of carbonyl (C=O) groups is 2. The molecule has 0 saturated carbocycles. The van der Waals surface area contributed by atoms with Gasteiger partial charge in [-0.25, -0.2) is 0 Å². The molecule has 1 heterocycles. The maximum absolute atomic E-state index is 12.3. The summed E-state index contributed by atoms with van der Waals surface area (Å²) in [5.41, 5.74) is 2.04. The molecule has 0 fully saturated rings. The molecule has 98 valence electrons. The van der Waals surface area contributed by atoms with E-state index in [1.54, 1.807) is 30.5 Å². The minimum atomic E-state index is -0.156. The third-order valence-electron chi connectivity index (χ3n) is 3.22. The smallest absolute Gasteiger partial charge is 0.207 e. The highest BCUT2D eigenvalue weighted by molar-refractivity contribution is 6.52. The van der Waals surface area contributed by atoms with Crippen molar-refractivity contribution in [2.45, 2.75) is 13.0 Å². The number of rotatable bonds is 2. The van der Waals surface area contributed by atoms with Gasteiger partial charge in [-0.2, -0.15) is 0 Å². The van der Waals surface area contributed by atoms with Gasteiger partial charge in [0.25, 0.3) is 0 Å². The number of pyridine rings is 1. The van der Waals surface area contributed by atoms with Crippen molar-refractivity contribution in [1.82, 2.24) is 4.98 Å². The van der Waals surface area contributed by atoms with Gasteiger partial charge in [-0.3, -0.25) is 19.6 Å². The SMILES string of the molecule is O=C1CC(=NCc2ccccn2)C(=O)c2ccccc21. The Morgan fingerprint density at radius 1 is 1.00 bits per heavy atom. The number of ketones is 2. The van der Waals surface area contributed by atoms with Crippen LogP contribution in [0.2, 0.25) is 0 Å². The van der Waals surface area contributed by atoms with Crippen molar-refractivity contribution in [2.75, 3.05) is 0 Å². The summed E-state index contributed by atoms with van der Waals surface area (Å²) in [7, 11) is 0. The summed E-state index contributed by atoms with van der Waals surface area (Å²) < 4.78 is 0. The molecule has 0 bridgehead atoms. The van der Waals surface area contributed by atoms with Gasteiger partial charge in [-0.15, -0.1) is 0 Å². The monoisotopic (exact) mass is 264 g/mol. The Labute approximate surface area is 116 Å². The normalized spacial score (nSPS) is 16.3. The molecule has 4 heteroatoms. The Morgan fingerprint density at radius 3 is 2.50 bits per heavy atom. The third-order valence-corrected chi connectivity index (χ3v) is 3.22. The Hall–Kier alpha value is -2.62. The molecule has 0 spiro atoms. The van der Waals surface area contributed by atoms with Crippen LogP contribution in [0.15, 0.2) is 53.7 Å². The summed E-state index contributed by atoms with van der Waals surface area (Å²) in [5.74, 6) is -0.212. The third kappa shape index (κ3) is 2.28. The van der Waals surface area contributed by atoms with Crippen molar-refractivity contribution in [2.24, 2.45) is 4.99 Å². The second kappa shape index (κ2) is 5.17. The van der Waals surface area contributed by atoms with E-state index in [9.17, 15) is 9.59 Å². The first kappa shape index (κ1) is 12.4. The summed E-state index contributed by atoms with van der Waals surface area (Å²) in [6, 6.07) is 12.4. The fourth-order valence-electron chi connectivity index (χ4n) is 2.20. The number of benzene rings is 1. The number of aliphatic imine (C=N–C) groups is 1. The minimum Gasteiger partial charge on any atom is -0.294 e. The lowest BCUT2D eigenvalue weighted by Crippen LogP contribution is -2.27. The highest BCUT2D eigenvalue weighted by Crippen LogP contribution is 2.20. The summed E-state index contributed by atoms with van der Waals surface area (Å²) >= 11 is 0. The van der Waals surface area contributed by atoms with Crippen molar-refractivity contribution in [3.05, 3.63) is 65.5 Å². The second-order valence-electron chi connectivity index (χ2n) is 4.56. The zero-order valence-electron chi connectivity index (χ0n) is 10.7. The lowest BCUT2D eigenvalue weighted by molar-refractivity contribution is 0.0964. The van der Waals surface area contributed by atoms with E-state index in [4.69, 9.17) is 0 Å². The minimum absolute atomic E-state index is 0.0556. The van der Waals surface area contributed by atoms with Crippen LogP contribution >= 0.6 is 0 Å². The lowest BCUT2D eigenvalue weighted by atomic mass is 9.88. The summed E-state index contributed by atoms with van der Waals surface area (Å²) in [4.78, 5) is 32.7. The van der Waals surface area contributed by atoms with E-state index in [0.29, 0.717) is 23.4 Å². The van der Waals surface area contributed by atoms with Gasteiger partial charge in [0.2, 0.25) is 5.78 Å².